The van der Waals surface area contributed by atoms with Gasteiger partial charge in [0.05, 0.1) is 30.8 Å². The number of aliphatic hydroxyl groups excluding tert-OH is 1. The Morgan fingerprint density at radius 3 is 2.49 bits per heavy atom. The molecular weight excluding hydrogens is 498 g/mol. The molecule has 0 saturated carbocycles. The first-order chi connectivity index (χ1) is 17.7. The number of likely N-dealkylation sites (tertiary alicyclic amines) is 1. The van der Waals surface area contributed by atoms with Crippen molar-refractivity contribution in [1.82, 2.24) is 14.8 Å². The van der Waals surface area contributed by atoms with Gasteiger partial charge in [-0.2, -0.15) is 0 Å². The number of benzene rings is 2. The number of para-hydroxylation sites is 1. The van der Waals surface area contributed by atoms with Crippen molar-refractivity contribution in [3.63, 3.8) is 0 Å². The largest absolute Gasteiger partial charge is 0.390 e. The second kappa shape index (κ2) is 10.2. The zero-order chi connectivity index (χ0) is 26.3. The average molecular weight is 527 g/mol. The van der Waals surface area contributed by atoms with Crippen LogP contribution in [0.4, 0.5) is 32.0 Å². The van der Waals surface area contributed by atoms with Crippen LogP contribution in [-0.4, -0.2) is 77.9 Å². The SMILES string of the molecule is OCC(F)(F)CN1CCc2c([nH]c3c(F)cccc23)[C@@H]1c1c(F)cc(NC2CN(CCCF)C2)cc1F. The number of aromatic amines is 1. The Bertz CT molecular complexity index is 1250. The molecule has 0 bridgehead atoms. The van der Waals surface area contributed by atoms with Crippen molar-refractivity contribution in [1.29, 1.82) is 0 Å². The lowest BCUT2D eigenvalue weighted by Crippen LogP contribution is -2.54. The molecule has 2 aliphatic heterocycles. The number of halogens is 6. The van der Waals surface area contributed by atoms with Gasteiger partial charge in [0.15, 0.2) is 0 Å². The summed E-state index contributed by atoms with van der Waals surface area (Å²) >= 11 is 0. The van der Waals surface area contributed by atoms with Gasteiger partial charge in [0, 0.05) is 48.5 Å². The Labute approximate surface area is 210 Å². The van der Waals surface area contributed by atoms with Crippen molar-refractivity contribution < 1.29 is 31.4 Å². The first kappa shape index (κ1) is 25.9. The first-order valence-corrected chi connectivity index (χ1v) is 12.3. The number of hydrogen-bond acceptors (Lipinski definition) is 4. The quantitative estimate of drug-likeness (QED) is 0.357. The van der Waals surface area contributed by atoms with Crippen LogP contribution in [0.15, 0.2) is 30.3 Å². The van der Waals surface area contributed by atoms with Crippen LogP contribution in [-0.2, 0) is 6.42 Å². The molecule has 1 saturated heterocycles. The Balaban J connectivity index is 1.49. The Hall–Kier alpha value is -2.76. The molecule has 3 aromatic rings. The van der Waals surface area contributed by atoms with Gasteiger partial charge in [-0.05, 0) is 36.6 Å². The minimum Gasteiger partial charge on any atom is -0.390 e. The minimum atomic E-state index is -3.50. The number of H-pyrrole nitrogens is 1. The zero-order valence-electron chi connectivity index (χ0n) is 20.0. The molecule has 0 unspecified atom stereocenters. The third-order valence-corrected chi connectivity index (χ3v) is 7.17. The molecule has 2 aromatic carbocycles. The molecule has 1 atom stereocenters. The van der Waals surface area contributed by atoms with Gasteiger partial charge in [0.2, 0.25) is 0 Å². The van der Waals surface area contributed by atoms with E-state index in [9.17, 15) is 17.6 Å². The number of anilines is 1. The highest BCUT2D eigenvalue weighted by Crippen LogP contribution is 2.42. The van der Waals surface area contributed by atoms with Crippen LogP contribution < -0.4 is 5.32 Å². The van der Waals surface area contributed by atoms with Crippen molar-refractivity contribution in [2.45, 2.75) is 30.8 Å². The number of nitrogens with one attached hydrogen (secondary N) is 2. The molecule has 0 spiro atoms. The predicted octanol–water partition coefficient (Wildman–Crippen LogP) is 4.62. The van der Waals surface area contributed by atoms with E-state index in [1.807, 2.05) is 4.90 Å². The number of alkyl halides is 3. The van der Waals surface area contributed by atoms with Gasteiger partial charge in [-0.25, -0.2) is 22.0 Å². The van der Waals surface area contributed by atoms with Gasteiger partial charge in [-0.15, -0.1) is 0 Å². The Kier molecular flexibility index (Phi) is 7.12. The number of hydrogen-bond donors (Lipinski definition) is 3. The lowest BCUT2D eigenvalue weighted by Gasteiger charge is -2.40. The summed E-state index contributed by atoms with van der Waals surface area (Å²) in [5, 5.41) is 12.7. The zero-order valence-corrected chi connectivity index (χ0v) is 20.0. The number of nitrogens with zero attached hydrogens (tertiary/aromatic N) is 2. The van der Waals surface area contributed by atoms with E-state index in [1.165, 1.54) is 17.0 Å². The van der Waals surface area contributed by atoms with Gasteiger partial charge in [0.1, 0.15) is 24.1 Å². The van der Waals surface area contributed by atoms with Crippen LogP contribution in [0, 0.1) is 17.5 Å². The maximum atomic E-state index is 15.5. The highest BCUT2D eigenvalue weighted by molar-refractivity contribution is 5.86. The Morgan fingerprint density at radius 2 is 1.81 bits per heavy atom. The Morgan fingerprint density at radius 1 is 1.08 bits per heavy atom. The number of rotatable bonds is 9. The van der Waals surface area contributed by atoms with Gasteiger partial charge in [-0.1, -0.05) is 12.1 Å². The van der Waals surface area contributed by atoms with E-state index in [1.54, 1.807) is 6.07 Å². The lowest BCUT2D eigenvalue weighted by atomic mass is 9.91. The van der Waals surface area contributed by atoms with Crippen molar-refractivity contribution in [2.24, 2.45) is 0 Å². The smallest absolute Gasteiger partial charge is 0.283 e. The molecule has 11 heteroatoms. The van der Waals surface area contributed by atoms with E-state index >= 15 is 8.78 Å². The highest BCUT2D eigenvalue weighted by atomic mass is 19.3. The highest BCUT2D eigenvalue weighted by Gasteiger charge is 2.41. The lowest BCUT2D eigenvalue weighted by molar-refractivity contribution is -0.0791. The monoisotopic (exact) mass is 526 g/mol. The van der Waals surface area contributed by atoms with Gasteiger partial charge in [-0.3, -0.25) is 14.2 Å². The standard InChI is InChI=1S/C26H28F6N4O/c27-6-2-7-35-11-16(12-35)33-15-9-20(29)22(21(30)10-15)25-24-18(5-8-36(25)13-26(31,32)14-37)17-3-1-4-19(28)23(17)34-24/h1,3-4,9-10,16,25,33-34,37H,2,5-8,11-14H2/t25-/m0/s1. The third-order valence-electron chi connectivity index (χ3n) is 7.17. The topological polar surface area (TPSA) is 54.5 Å². The van der Waals surface area contributed by atoms with Crippen LogP contribution >= 0.6 is 0 Å². The summed E-state index contributed by atoms with van der Waals surface area (Å²) in [6, 6.07) is 5.37. The molecule has 5 nitrogen and oxygen atoms in total. The second-order valence-corrected chi connectivity index (χ2v) is 9.81. The molecule has 0 amide bonds. The minimum absolute atomic E-state index is 0.0341. The molecule has 3 N–H and O–H groups in total. The fourth-order valence-electron chi connectivity index (χ4n) is 5.46. The number of aromatic nitrogens is 1. The average Bonchev–Trinajstić information content (AvgIpc) is 3.21. The normalized spacial score (nSPS) is 19.3. The van der Waals surface area contributed by atoms with Crippen molar-refractivity contribution in [2.75, 3.05) is 51.3 Å². The first-order valence-electron chi connectivity index (χ1n) is 12.3. The van der Waals surface area contributed by atoms with E-state index in [0.29, 0.717) is 37.0 Å². The maximum Gasteiger partial charge on any atom is 0.283 e. The van der Waals surface area contributed by atoms with Crippen LogP contribution in [0.3, 0.4) is 0 Å². The molecule has 1 fully saturated rings. The molecule has 2 aliphatic rings. The molecule has 0 radical (unpaired) electrons. The molecule has 3 heterocycles. The van der Waals surface area contributed by atoms with E-state index in [-0.39, 0.29) is 35.9 Å². The summed E-state index contributed by atoms with van der Waals surface area (Å²) in [7, 11) is 0. The number of aliphatic hydroxyl groups is 1. The van der Waals surface area contributed by atoms with E-state index in [0.717, 1.165) is 12.1 Å². The van der Waals surface area contributed by atoms with Gasteiger partial charge in [0.25, 0.3) is 5.92 Å². The molecule has 5 rings (SSSR count). The third kappa shape index (κ3) is 5.04. The van der Waals surface area contributed by atoms with Crippen LogP contribution in [0.5, 0.6) is 0 Å². The van der Waals surface area contributed by atoms with Crippen LogP contribution in [0.2, 0.25) is 0 Å². The van der Waals surface area contributed by atoms with Gasteiger partial charge >= 0.3 is 0 Å². The second-order valence-electron chi connectivity index (χ2n) is 9.81. The summed E-state index contributed by atoms with van der Waals surface area (Å²) in [5.41, 5.74) is 0.799. The molecule has 1 aromatic heterocycles. The van der Waals surface area contributed by atoms with Crippen molar-refractivity contribution in [3.05, 3.63) is 64.6 Å². The van der Waals surface area contributed by atoms with Crippen LogP contribution in [0.1, 0.15) is 29.3 Å². The van der Waals surface area contributed by atoms with Crippen molar-refractivity contribution >= 4 is 16.6 Å². The molecule has 200 valence electrons. The van der Waals surface area contributed by atoms with Gasteiger partial charge < -0.3 is 15.4 Å². The fraction of sp³-hybridized carbons (Fsp3) is 0.462. The maximum absolute atomic E-state index is 15.5. The molecule has 37 heavy (non-hydrogen) atoms. The van der Waals surface area contributed by atoms with Crippen LogP contribution in [0.25, 0.3) is 10.9 Å². The molecular formula is C26H28F6N4O. The molecule has 0 aliphatic carbocycles. The summed E-state index contributed by atoms with van der Waals surface area (Å²) in [4.78, 5) is 6.14. The summed E-state index contributed by atoms with van der Waals surface area (Å²) in [5.74, 6) is -5.91. The van der Waals surface area contributed by atoms with E-state index < -0.39 is 54.8 Å². The summed E-state index contributed by atoms with van der Waals surface area (Å²) in [6.07, 6.45) is 0.692. The van der Waals surface area contributed by atoms with Crippen molar-refractivity contribution in [3.8, 4) is 0 Å². The van der Waals surface area contributed by atoms with E-state index in [2.05, 4.69) is 10.3 Å². The summed E-state index contributed by atoms with van der Waals surface area (Å²) in [6.45, 7) is -0.877. The fourth-order valence-corrected chi connectivity index (χ4v) is 5.46. The summed E-state index contributed by atoms with van der Waals surface area (Å²) < 4.78 is 86.5. The van der Waals surface area contributed by atoms with E-state index in [4.69, 9.17) is 5.11 Å². The number of fused-ring (bicyclic) bond motifs is 3. The predicted molar refractivity (Wildman–Crippen MR) is 128 cm³/mol.